The van der Waals surface area contributed by atoms with Crippen LogP contribution in [0.4, 0.5) is 5.69 Å². The number of nitro groups is 1. The van der Waals surface area contributed by atoms with Gasteiger partial charge in [-0.05, 0) is 36.2 Å². The number of nitrogens with zero attached hydrogens (tertiary/aromatic N) is 2. The number of nitro benzene ring substituents is 1. The number of ether oxygens (including phenoxy) is 3. The van der Waals surface area contributed by atoms with E-state index in [4.69, 9.17) is 14.2 Å². The molecule has 0 spiro atoms. The molecule has 1 amide bonds. The van der Waals surface area contributed by atoms with E-state index in [1.807, 2.05) is 31.2 Å². The molecular formula is C24H23N3O6. The fourth-order valence-electron chi connectivity index (χ4n) is 3.09. The van der Waals surface area contributed by atoms with Gasteiger partial charge in [-0.25, -0.2) is 5.43 Å². The summed E-state index contributed by atoms with van der Waals surface area (Å²) in [5.41, 5.74) is 4.67. The Morgan fingerprint density at radius 1 is 1.06 bits per heavy atom. The van der Waals surface area contributed by atoms with Crippen molar-refractivity contribution in [2.75, 3.05) is 14.2 Å². The molecule has 0 saturated carbocycles. The Balaban J connectivity index is 1.82. The lowest BCUT2D eigenvalue weighted by molar-refractivity contribution is -0.386. The molecule has 0 bridgehead atoms. The van der Waals surface area contributed by atoms with Crippen LogP contribution in [0.3, 0.4) is 0 Å². The van der Waals surface area contributed by atoms with Gasteiger partial charge in [0.05, 0.1) is 30.9 Å². The number of methoxy groups -OCH3 is 2. The molecule has 0 aliphatic carbocycles. The largest absolute Gasteiger partial charge is 0.496 e. The molecule has 0 heterocycles. The van der Waals surface area contributed by atoms with Crippen molar-refractivity contribution in [1.29, 1.82) is 0 Å². The fraction of sp³-hybridized carbons (Fsp3) is 0.167. The number of benzene rings is 3. The topological polar surface area (TPSA) is 112 Å². The number of aryl methyl sites for hydroxylation is 1. The molecule has 3 rings (SSSR count). The average Bonchev–Trinajstić information content (AvgIpc) is 2.83. The van der Waals surface area contributed by atoms with Gasteiger partial charge in [0.2, 0.25) is 5.75 Å². The van der Waals surface area contributed by atoms with Crippen molar-refractivity contribution < 1.29 is 23.9 Å². The van der Waals surface area contributed by atoms with Crippen LogP contribution >= 0.6 is 0 Å². The normalized spacial score (nSPS) is 10.6. The maximum atomic E-state index is 12.4. The molecule has 0 fully saturated rings. The Kier molecular flexibility index (Phi) is 7.59. The van der Waals surface area contributed by atoms with Gasteiger partial charge in [0.1, 0.15) is 12.4 Å². The Hall–Kier alpha value is -4.40. The summed E-state index contributed by atoms with van der Waals surface area (Å²) in [4.78, 5) is 23.5. The van der Waals surface area contributed by atoms with Crippen LogP contribution in [0.5, 0.6) is 17.2 Å². The summed E-state index contributed by atoms with van der Waals surface area (Å²) < 4.78 is 16.3. The Morgan fingerprint density at radius 3 is 2.45 bits per heavy atom. The summed E-state index contributed by atoms with van der Waals surface area (Å²) in [6.07, 6.45) is 1.29. The molecule has 33 heavy (non-hydrogen) atoms. The third-order valence-corrected chi connectivity index (χ3v) is 4.84. The number of amides is 1. The standard InChI is InChI=1S/C24H23N3O6/c1-16-8-4-5-9-18(16)15-33-23-20(27(29)30)12-17(13-22(23)32-3)14-25-26-24(28)19-10-6-7-11-21(19)31-2/h4-14H,15H2,1-3H3,(H,26,28)/b25-14+. The van der Waals surface area contributed by atoms with Crippen LogP contribution in [0.15, 0.2) is 65.8 Å². The molecule has 0 aliphatic heterocycles. The van der Waals surface area contributed by atoms with Crippen LogP contribution in [-0.2, 0) is 6.61 Å². The van der Waals surface area contributed by atoms with Crippen LogP contribution < -0.4 is 19.6 Å². The van der Waals surface area contributed by atoms with Gasteiger partial charge in [0.25, 0.3) is 5.91 Å². The number of nitrogens with one attached hydrogen (secondary N) is 1. The first-order chi connectivity index (χ1) is 15.9. The van der Waals surface area contributed by atoms with Crippen LogP contribution in [0.2, 0.25) is 0 Å². The van der Waals surface area contributed by atoms with E-state index in [2.05, 4.69) is 10.5 Å². The molecule has 1 N–H and O–H groups in total. The molecule has 0 saturated heterocycles. The first-order valence-electron chi connectivity index (χ1n) is 9.94. The number of hydrazone groups is 1. The first-order valence-corrected chi connectivity index (χ1v) is 9.94. The van der Waals surface area contributed by atoms with Crippen molar-refractivity contribution in [2.24, 2.45) is 5.10 Å². The zero-order valence-electron chi connectivity index (χ0n) is 18.4. The van der Waals surface area contributed by atoms with E-state index < -0.39 is 10.8 Å². The zero-order chi connectivity index (χ0) is 23.8. The molecule has 0 radical (unpaired) electrons. The summed E-state index contributed by atoms with van der Waals surface area (Å²) in [6.45, 7) is 2.08. The van der Waals surface area contributed by atoms with Gasteiger partial charge in [0, 0.05) is 11.6 Å². The molecule has 9 nitrogen and oxygen atoms in total. The number of carbonyl (C=O) groups excluding carboxylic acids is 1. The van der Waals surface area contributed by atoms with Gasteiger partial charge >= 0.3 is 5.69 Å². The summed E-state index contributed by atoms with van der Waals surface area (Å²) in [6, 6.07) is 17.1. The monoisotopic (exact) mass is 449 g/mol. The van der Waals surface area contributed by atoms with Gasteiger partial charge in [-0.15, -0.1) is 0 Å². The molecule has 3 aromatic rings. The van der Waals surface area contributed by atoms with Gasteiger partial charge in [-0.3, -0.25) is 14.9 Å². The van der Waals surface area contributed by atoms with E-state index >= 15 is 0 Å². The fourth-order valence-corrected chi connectivity index (χ4v) is 3.09. The third-order valence-electron chi connectivity index (χ3n) is 4.84. The highest BCUT2D eigenvalue weighted by atomic mass is 16.6. The smallest absolute Gasteiger partial charge is 0.315 e. The Bertz CT molecular complexity index is 1190. The highest BCUT2D eigenvalue weighted by Gasteiger charge is 2.22. The molecule has 0 unspecified atom stereocenters. The summed E-state index contributed by atoms with van der Waals surface area (Å²) >= 11 is 0. The number of carbonyl (C=O) groups is 1. The Morgan fingerprint density at radius 2 is 1.76 bits per heavy atom. The van der Waals surface area contributed by atoms with Crippen molar-refractivity contribution in [3.8, 4) is 17.2 Å². The Labute approximate surface area is 190 Å². The predicted octanol–water partition coefficient (Wildman–Crippen LogP) is 4.26. The van der Waals surface area contributed by atoms with Crippen LogP contribution in [-0.4, -0.2) is 31.3 Å². The van der Waals surface area contributed by atoms with Crippen molar-refractivity contribution in [3.05, 3.63) is 93.0 Å². The number of para-hydroxylation sites is 1. The van der Waals surface area contributed by atoms with Gasteiger partial charge < -0.3 is 14.2 Å². The van der Waals surface area contributed by atoms with Crippen LogP contribution in [0, 0.1) is 17.0 Å². The maximum absolute atomic E-state index is 12.4. The van der Waals surface area contributed by atoms with Gasteiger partial charge in [-0.2, -0.15) is 5.10 Å². The number of hydrogen-bond acceptors (Lipinski definition) is 7. The van der Waals surface area contributed by atoms with Crippen molar-refractivity contribution in [3.63, 3.8) is 0 Å². The molecule has 0 atom stereocenters. The summed E-state index contributed by atoms with van der Waals surface area (Å²) in [7, 11) is 2.85. The lowest BCUT2D eigenvalue weighted by atomic mass is 10.1. The minimum atomic E-state index is -0.555. The second-order valence-corrected chi connectivity index (χ2v) is 6.94. The lowest BCUT2D eigenvalue weighted by Crippen LogP contribution is -2.18. The first kappa shape index (κ1) is 23.3. The number of hydrogen-bond donors (Lipinski definition) is 1. The van der Waals surface area contributed by atoms with Gasteiger partial charge in [-0.1, -0.05) is 36.4 Å². The van der Waals surface area contributed by atoms with Crippen LogP contribution in [0.25, 0.3) is 0 Å². The summed E-state index contributed by atoms with van der Waals surface area (Å²) in [5, 5.41) is 15.6. The van der Waals surface area contributed by atoms with E-state index in [9.17, 15) is 14.9 Å². The van der Waals surface area contributed by atoms with Crippen molar-refractivity contribution in [1.82, 2.24) is 5.43 Å². The molecule has 170 valence electrons. The minimum Gasteiger partial charge on any atom is -0.496 e. The van der Waals surface area contributed by atoms with Crippen molar-refractivity contribution in [2.45, 2.75) is 13.5 Å². The molecule has 9 heteroatoms. The summed E-state index contributed by atoms with van der Waals surface area (Å²) in [5.74, 6) is 0.109. The SMILES string of the molecule is COc1ccccc1C(=O)N/N=C/c1cc(OC)c(OCc2ccccc2C)c([N+](=O)[O-])c1. The zero-order valence-corrected chi connectivity index (χ0v) is 18.4. The minimum absolute atomic E-state index is 0.0148. The molecule has 0 aromatic heterocycles. The van der Waals surface area contributed by atoms with E-state index in [1.54, 1.807) is 30.3 Å². The van der Waals surface area contributed by atoms with E-state index in [0.717, 1.165) is 11.1 Å². The van der Waals surface area contributed by atoms with Gasteiger partial charge in [0.15, 0.2) is 5.75 Å². The second kappa shape index (κ2) is 10.8. The van der Waals surface area contributed by atoms with Crippen LogP contribution in [0.1, 0.15) is 27.0 Å². The average molecular weight is 449 g/mol. The maximum Gasteiger partial charge on any atom is 0.315 e. The highest BCUT2D eigenvalue weighted by molar-refractivity contribution is 5.97. The third kappa shape index (κ3) is 5.65. The predicted molar refractivity (Wildman–Crippen MR) is 123 cm³/mol. The molecule has 3 aromatic carbocycles. The molecule has 0 aliphatic rings. The number of rotatable bonds is 9. The highest BCUT2D eigenvalue weighted by Crippen LogP contribution is 2.38. The van der Waals surface area contributed by atoms with Crippen molar-refractivity contribution >= 4 is 17.8 Å². The van der Waals surface area contributed by atoms with E-state index in [1.165, 1.54) is 26.5 Å². The molecular weight excluding hydrogens is 426 g/mol. The second-order valence-electron chi connectivity index (χ2n) is 6.94. The quantitative estimate of drug-likeness (QED) is 0.297. The van der Waals surface area contributed by atoms with E-state index in [0.29, 0.717) is 16.9 Å². The van der Waals surface area contributed by atoms with E-state index in [-0.39, 0.29) is 23.8 Å². The lowest BCUT2D eigenvalue weighted by Gasteiger charge is -2.13.